The number of nitrogens with one attached hydrogen (secondary N) is 2. The van der Waals surface area contributed by atoms with E-state index < -0.39 is 0 Å². The standard InChI is InChI=1S/C7H18N2O/c1-7(2)9-4-3-8-5-6-10/h7-10H,3-6H2,1-2H3. The molecular formula is C7H18N2O. The number of aliphatic hydroxyl groups is 1. The second-order valence-corrected chi connectivity index (χ2v) is 2.58. The van der Waals surface area contributed by atoms with Gasteiger partial charge in [-0.1, -0.05) is 13.8 Å². The summed E-state index contributed by atoms with van der Waals surface area (Å²) in [4.78, 5) is 0. The summed E-state index contributed by atoms with van der Waals surface area (Å²) in [5, 5.41) is 14.7. The van der Waals surface area contributed by atoms with Crippen LogP contribution in [0.5, 0.6) is 0 Å². The minimum atomic E-state index is 0.224. The summed E-state index contributed by atoms with van der Waals surface area (Å²) in [5.41, 5.74) is 0. The highest BCUT2D eigenvalue weighted by molar-refractivity contribution is 4.54. The topological polar surface area (TPSA) is 44.3 Å². The summed E-state index contributed by atoms with van der Waals surface area (Å²) in [6, 6.07) is 0.552. The summed E-state index contributed by atoms with van der Waals surface area (Å²) >= 11 is 0. The van der Waals surface area contributed by atoms with Crippen LogP contribution in [-0.4, -0.2) is 37.4 Å². The Morgan fingerprint density at radius 3 is 2.40 bits per heavy atom. The van der Waals surface area contributed by atoms with Crippen molar-refractivity contribution in [2.75, 3.05) is 26.2 Å². The Kier molecular flexibility index (Phi) is 6.91. The quantitative estimate of drug-likeness (QED) is 0.445. The van der Waals surface area contributed by atoms with Crippen LogP contribution in [0.3, 0.4) is 0 Å². The van der Waals surface area contributed by atoms with Crippen molar-refractivity contribution in [2.24, 2.45) is 0 Å². The SMILES string of the molecule is CC(C)NCCNCCO. The lowest BCUT2D eigenvalue weighted by molar-refractivity contribution is 0.292. The zero-order chi connectivity index (χ0) is 7.82. The molecule has 0 saturated heterocycles. The highest BCUT2D eigenvalue weighted by Crippen LogP contribution is 1.72. The molecule has 0 aromatic heterocycles. The molecule has 0 bridgehead atoms. The molecular weight excluding hydrogens is 128 g/mol. The van der Waals surface area contributed by atoms with E-state index in [4.69, 9.17) is 5.11 Å². The van der Waals surface area contributed by atoms with Gasteiger partial charge in [0, 0.05) is 25.7 Å². The zero-order valence-corrected chi connectivity index (χ0v) is 6.85. The van der Waals surface area contributed by atoms with Crippen LogP contribution < -0.4 is 10.6 Å². The number of rotatable bonds is 6. The second kappa shape index (κ2) is 6.99. The van der Waals surface area contributed by atoms with Crippen LogP contribution in [0, 0.1) is 0 Å². The monoisotopic (exact) mass is 146 g/mol. The molecule has 0 aliphatic heterocycles. The summed E-state index contributed by atoms with van der Waals surface area (Å²) in [7, 11) is 0. The van der Waals surface area contributed by atoms with Gasteiger partial charge in [-0.3, -0.25) is 0 Å². The molecule has 0 heterocycles. The first-order valence-electron chi connectivity index (χ1n) is 3.82. The maximum atomic E-state index is 8.39. The van der Waals surface area contributed by atoms with Gasteiger partial charge in [0.15, 0.2) is 0 Å². The molecule has 0 rings (SSSR count). The lowest BCUT2D eigenvalue weighted by Crippen LogP contribution is -2.32. The van der Waals surface area contributed by atoms with Gasteiger partial charge in [-0.2, -0.15) is 0 Å². The predicted octanol–water partition coefficient (Wildman–Crippen LogP) is -0.434. The van der Waals surface area contributed by atoms with E-state index in [0.717, 1.165) is 13.1 Å². The van der Waals surface area contributed by atoms with Gasteiger partial charge in [0.1, 0.15) is 0 Å². The van der Waals surface area contributed by atoms with Crippen LogP contribution in [0.1, 0.15) is 13.8 Å². The minimum Gasteiger partial charge on any atom is -0.395 e. The fourth-order valence-electron chi connectivity index (χ4n) is 0.653. The van der Waals surface area contributed by atoms with Crippen LogP contribution in [0.4, 0.5) is 0 Å². The van der Waals surface area contributed by atoms with Crippen LogP contribution in [-0.2, 0) is 0 Å². The van der Waals surface area contributed by atoms with Gasteiger partial charge in [0.2, 0.25) is 0 Å². The highest BCUT2D eigenvalue weighted by Gasteiger charge is 1.89. The zero-order valence-electron chi connectivity index (χ0n) is 6.85. The van der Waals surface area contributed by atoms with Crippen molar-refractivity contribution in [1.29, 1.82) is 0 Å². The molecule has 3 nitrogen and oxygen atoms in total. The maximum absolute atomic E-state index is 8.39. The molecule has 0 fully saturated rings. The largest absolute Gasteiger partial charge is 0.395 e. The summed E-state index contributed by atoms with van der Waals surface area (Å²) in [6.07, 6.45) is 0. The van der Waals surface area contributed by atoms with Crippen molar-refractivity contribution in [2.45, 2.75) is 19.9 Å². The molecule has 0 radical (unpaired) electrons. The summed E-state index contributed by atoms with van der Waals surface area (Å²) in [6.45, 7) is 7.05. The molecule has 0 unspecified atom stereocenters. The van der Waals surface area contributed by atoms with Gasteiger partial charge < -0.3 is 15.7 Å². The molecule has 0 aromatic rings. The van der Waals surface area contributed by atoms with Crippen LogP contribution in [0.25, 0.3) is 0 Å². The van der Waals surface area contributed by atoms with E-state index in [2.05, 4.69) is 24.5 Å². The molecule has 3 heteroatoms. The molecule has 62 valence electrons. The third kappa shape index (κ3) is 7.88. The molecule has 0 aliphatic rings. The van der Waals surface area contributed by atoms with E-state index in [0.29, 0.717) is 12.6 Å². The first kappa shape index (κ1) is 9.88. The first-order chi connectivity index (χ1) is 4.77. The Morgan fingerprint density at radius 2 is 1.90 bits per heavy atom. The predicted molar refractivity (Wildman–Crippen MR) is 43.1 cm³/mol. The van der Waals surface area contributed by atoms with Gasteiger partial charge in [-0.15, -0.1) is 0 Å². The van der Waals surface area contributed by atoms with Gasteiger partial charge in [-0.05, 0) is 0 Å². The smallest absolute Gasteiger partial charge is 0.0555 e. The van der Waals surface area contributed by atoms with E-state index in [9.17, 15) is 0 Å². The minimum absolute atomic E-state index is 0.224. The third-order valence-corrected chi connectivity index (χ3v) is 1.14. The molecule has 3 N–H and O–H groups in total. The Balaban J connectivity index is 2.77. The van der Waals surface area contributed by atoms with Gasteiger partial charge >= 0.3 is 0 Å². The third-order valence-electron chi connectivity index (χ3n) is 1.14. The van der Waals surface area contributed by atoms with Crippen LogP contribution >= 0.6 is 0 Å². The van der Waals surface area contributed by atoms with E-state index in [1.807, 2.05) is 0 Å². The van der Waals surface area contributed by atoms with E-state index in [1.54, 1.807) is 0 Å². The Bertz CT molecular complexity index is 66.6. The molecule has 0 amide bonds. The summed E-state index contributed by atoms with van der Waals surface area (Å²) < 4.78 is 0. The molecule has 0 aliphatic carbocycles. The van der Waals surface area contributed by atoms with E-state index in [-0.39, 0.29) is 6.61 Å². The van der Waals surface area contributed by atoms with Crippen molar-refractivity contribution >= 4 is 0 Å². The lowest BCUT2D eigenvalue weighted by atomic mass is 10.4. The number of aliphatic hydroxyl groups excluding tert-OH is 1. The Hall–Kier alpha value is -0.120. The molecule has 10 heavy (non-hydrogen) atoms. The maximum Gasteiger partial charge on any atom is 0.0555 e. The molecule has 0 aromatic carbocycles. The van der Waals surface area contributed by atoms with Crippen LogP contribution in [0.15, 0.2) is 0 Å². The number of hydrogen-bond acceptors (Lipinski definition) is 3. The van der Waals surface area contributed by atoms with Gasteiger partial charge in [-0.25, -0.2) is 0 Å². The van der Waals surface area contributed by atoms with Crippen molar-refractivity contribution in [1.82, 2.24) is 10.6 Å². The van der Waals surface area contributed by atoms with E-state index >= 15 is 0 Å². The molecule has 0 atom stereocenters. The summed E-state index contributed by atoms with van der Waals surface area (Å²) in [5.74, 6) is 0. The van der Waals surface area contributed by atoms with Crippen molar-refractivity contribution in [3.05, 3.63) is 0 Å². The molecule has 0 spiro atoms. The van der Waals surface area contributed by atoms with Crippen molar-refractivity contribution < 1.29 is 5.11 Å². The fraction of sp³-hybridized carbons (Fsp3) is 1.00. The van der Waals surface area contributed by atoms with Crippen molar-refractivity contribution in [3.63, 3.8) is 0 Å². The average molecular weight is 146 g/mol. The Labute approximate surface area is 62.8 Å². The average Bonchev–Trinajstić information content (AvgIpc) is 1.87. The first-order valence-corrected chi connectivity index (χ1v) is 3.82. The van der Waals surface area contributed by atoms with Crippen molar-refractivity contribution in [3.8, 4) is 0 Å². The second-order valence-electron chi connectivity index (χ2n) is 2.58. The highest BCUT2D eigenvalue weighted by atomic mass is 16.3. The van der Waals surface area contributed by atoms with Crippen LogP contribution in [0.2, 0.25) is 0 Å². The van der Waals surface area contributed by atoms with E-state index in [1.165, 1.54) is 0 Å². The fourth-order valence-corrected chi connectivity index (χ4v) is 0.653. The normalized spacial score (nSPS) is 10.8. The lowest BCUT2D eigenvalue weighted by Gasteiger charge is -2.07. The van der Waals surface area contributed by atoms with Gasteiger partial charge in [0.25, 0.3) is 0 Å². The Morgan fingerprint density at radius 1 is 1.20 bits per heavy atom. The van der Waals surface area contributed by atoms with Gasteiger partial charge in [0.05, 0.1) is 6.61 Å². The molecule has 0 saturated carbocycles. The number of hydrogen-bond donors (Lipinski definition) is 3.